The van der Waals surface area contributed by atoms with E-state index in [1.54, 1.807) is 36.2 Å². The smallest absolute Gasteiger partial charge is 0.251 e. The summed E-state index contributed by atoms with van der Waals surface area (Å²) in [6, 6.07) is 27.9. The van der Waals surface area contributed by atoms with Gasteiger partial charge in [-0.1, -0.05) is 54.1 Å². The lowest BCUT2D eigenvalue weighted by Gasteiger charge is -2.20. The first kappa shape index (κ1) is 24.0. The van der Waals surface area contributed by atoms with E-state index in [1.807, 2.05) is 36.4 Å². The van der Waals surface area contributed by atoms with Gasteiger partial charge in [0.15, 0.2) is 0 Å². The maximum absolute atomic E-state index is 13.4. The zero-order valence-corrected chi connectivity index (χ0v) is 20.2. The normalized spacial score (nSPS) is 14.8. The summed E-state index contributed by atoms with van der Waals surface area (Å²) in [4.78, 5) is 20.0. The maximum Gasteiger partial charge on any atom is 0.251 e. The Morgan fingerprint density at radius 3 is 2.40 bits per heavy atom. The molecule has 0 saturated heterocycles. The molecule has 0 aliphatic carbocycles. The number of benzene rings is 4. The molecule has 1 unspecified atom stereocenters. The fourth-order valence-electron chi connectivity index (χ4n) is 4.18. The Labute approximate surface area is 209 Å². The largest absolute Gasteiger partial charge is 0.508 e. The van der Waals surface area contributed by atoms with Crippen LogP contribution in [-0.2, 0) is 11.2 Å². The molecule has 5 rings (SSSR count). The topological polar surface area (TPSA) is 76.7 Å². The van der Waals surface area contributed by atoms with Crippen molar-refractivity contribution in [3.63, 3.8) is 0 Å². The van der Waals surface area contributed by atoms with Gasteiger partial charge in [-0.3, -0.25) is 9.79 Å². The first-order chi connectivity index (χ1) is 16.9. The van der Waals surface area contributed by atoms with Crippen molar-refractivity contribution < 1.29 is 9.90 Å². The molecule has 4 aromatic carbocycles. The molecule has 0 bridgehead atoms. The number of anilines is 1. The number of likely N-dealkylation sites (N-methyl/N-ethyl adjacent to an activating group) is 1. The van der Waals surface area contributed by atoms with Crippen molar-refractivity contribution in [1.29, 1.82) is 5.26 Å². The number of hydrogen-bond acceptors (Lipinski definition) is 4. The molecule has 0 spiro atoms. The third kappa shape index (κ3) is 5.18. The number of phenols is 1. The van der Waals surface area contributed by atoms with Crippen LogP contribution in [0.15, 0.2) is 89.9 Å². The molecule has 35 heavy (non-hydrogen) atoms. The van der Waals surface area contributed by atoms with Crippen molar-refractivity contribution in [1.82, 2.24) is 0 Å². The molecule has 4 aromatic rings. The minimum atomic E-state index is -0.587. The van der Waals surface area contributed by atoms with Crippen LogP contribution in [0, 0.1) is 11.3 Å². The second-order valence-corrected chi connectivity index (χ2v) is 8.64. The second kappa shape index (κ2) is 10.4. The summed E-state index contributed by atoms with van der Waals surface area (Å²) in [6.07, 6.45) is 0.483. The molecular weight excluding hydrogens is 458 g/mol. The molecule has 0 saturated carbocycles. The lowest BCUT2D eigenvalue weighted by Crippen LogP contribution is -2.36. The Bertz CT molecular complexity index is 1460. The summed E-state index contributed by atoms with van der Waals surface area (Å²) in [7, 11) is 1.78. The lowest BCUT2D eigenvalue weighted by molar-refractivity contribution is -0.119. The van der Waals surface area contributed by atoms with Crippen molar-refractivity contribution >= 4 is 39.7 Å². The van der Waals surface area contributed by atoms with E-state index in [0.717, 1.165) is 33.2 Å². The summed E-state index contributed by atoms with van der Waals surface area (Å²) in [6.45, 7) is 1.43. The molecule has 1 N–H and O–H groups in total. The van der Waals surface area contributed by atoms with Crippen molar-refractivity contribution in [2.75, 3.05) is 11.9 Å². The predicted molar refractivity (Wildman–Crippen MR) is 141 cm³/mol. The highest BCUT2D eigenvalue weighted by Crippen LogP contribution is 2.31. The average Bonchev–Trinajstić information content (AvgIpc) is 2.95. The van der Waals surface area contributed by atoms with E-state index in [1.165, 1.54) is 6.92 Å². The van der Waals surface area contributed by atoms with Gasteiger partial charge in [-0.2, -0.15) is 5.26 Å². The van der Waals surface area contributed by atoms with Gasteiger partial charge in [-0.05, 0) is 58.8 Å². The van der Waals surface area contributed by atoms with Crippen molar-refractivity contribution in [2.24, 2.45) is 4.99 Å². The average molecular weight is 482 g/mol. The predicted octanol–water partition coefficient (Wildman–Crippen LogP) is 6.15. The van der Waals surface area contributed by atoms with Gasteiger partial charge in [0.2, 0.25) is 0 Å². The van der Waals surface area contributed by atoms with Crippen LogP contribution in [0.5, 0.6) is 5.75 Å². The van der Waals surface area contributed by atoms with Crippen LogP contribution < -0.4 is 4.90 Å². The molecule has 1 amide bonds. The molecule has 0 aromatic heterocycles. The highest BCUT2D eigenvalue weighted by molar-refractivity contribution is 6.32. The van der Waals surface area contributed by atoms with Crippen molar-refractivity contribution in [2.45, 2.75) is 19.4 Å². The lowest BCUT2D eigenvalue weighted by atomic mass is 9.99. The van der Waals surface area contributed by atoms with Crippen LogP contribution >= 0.6 is 11.6 Å². The molecule has 1 heterocycles. The summed E-state index contributed by atoms with van der Waals surface area (Å²) in [5.41, 5.74) is 4.10. The Balaban J connectivity index is 0.000000917. The number of phenolic OH excluding ortho intramolecular Hbond substituents is 1. The van der Waals surface area contributed by atoms with Crippen LogP contribution in [0.25, 0.3) is 10.8 Å². The molecule has 0 fully saturated rings. The fourth-order valence-corrected chi connectivity index (χ4v) is 4.36. The Hall–Kier alpha value is -4.14. The summed E-state index contributed by atoms with van der Waals surface area (Å²) in [5, 5.41) is 19.9. The van der Waals surface area contributed by atoms with E-state index in [9.17, 15) is 9.90 Å². The number of nitrogens with zero attached hydrogens (tertiary/aromatic N) is 3. The molecule has 1 aliphatic heterocycles. The zero-order valence-electron chi connectivity index (χ0n) is 19.4. The standard InChI is InChI=1S/C27H21ClN2O2.C2H3N/c1-30-25-13-10-21(28)16-23(25)26(19-8-11-22(31)12-9-19)29-24(27(30)32)15-17-6-7-18-4-2-3-5-20(18)14-17;1-2-3/h2-14,16,24,31H,15H2,1H3;1H3. The number of aliphatic imine (C=N–C) groups is 1. The number of nitriles is 1. The summed E-state index contributed by atoms with van der Waals surface area (Å²) >= 11 is 6.32. The minimum Gasteiger partial charge on any atom is -0.508 e. The minimum absolute atomic E-state index is 0.0736. The van der Waals surface area contributed by atoms with Crippen molar-refractivity contribution in [3.8, 4) is 11.8 Å². The molecule has 0 radical (unpaired) electrons. The zero-order chi connectivity index (χ0) is 24.9. The quantitative estimate of drug-likeness (QED) is 0.381. The van der Waals surface area contributed by atoms with Gasteiger partial charge < -0.3 is 10.0 Å². The molecule has 1 atom stereocenters. The summed E-state index contributed by atoms with van der Waals surface area (Å²) in [5.74, 6) is 0.103. The van der Waals surface area contributed by atoms with E-state index < -0.39 is 6.04 Å². The highest BCUT2D eigenvalue weighted by atomic mass is 35.5. The van der Waals surface area contributed by atoms with Gasteiger partial charge in [0.25, 0.3) is 5.91 Å². The Kier molecular flexibility index (Phi) is 7.14. The van der Waals surface area contributed by atoms with E-state index in [4.69, 9.17) is 21.9 Å². The second-order valence-electron chi connectivity index (χ2n) is 8.21. The first-order valence-corrected chi connectivity index (χ1v) is 11.5. The number of carbonyl (C=O) groups is 1. The van der Waals surface area contributed by atoms with Crippen LogP contribution in [0.4, 0.5) is 5.69 Å². The van der Waals surface area contributed by atoms with E-state index >= 15 is 0 Å². The van der Waals surface area contributed by atoms with Crippen LogP contribution in [0.2, 0.25) is 5.02 Å². The van der Waals surface area contributed by atoms with Crippen LogP contribution in [0.3, 0.4) is 0 Å². The van der Waals surface area contributed by atoms with Gasteiger partial charge in [0, 0.05) is 36.5 Å². The number of hydrogen-bond donors (Lipinski definition) is 1. The van der Waals surface area contributed by atoms with Crippen LogP contribution in [-0.4, -0.2) is 29.8 Å². The van der Waals surface area contributed by atoms with E-state index in [-0.39, 0.29) is 11.7 Å². The number of carbonyl (C=O) groups excluding carboxylic acids is 1. The van der Waals surface area contributed by atoms with Crippen molar-refractivity contribution in [3.05, 3.63) is 107 Å². The number of aromatic hydroxyl groups is 1. The van der Waals surface area contributed by atoms with Gasteiger partial charge in [-0.25, -0.2) is 0 Å². The number of benzodiazepines with no additional fused rings is 1. The van der Waals surface area contributed by atoms with E-state index in [0.29, 0.717) is 17.2 Å². The monoisotopic (exact) mass is 481 g/mol. The fraction of sp³-hybridized carbons (Fsp3) is 0.138. The Morgan fingerprint density at radius 1 is 1.00 bits per heavy atom. The van der Waals surface area contributed by atoms with Gasteiger partial charge in [0.05, 0.1) is 17.5 Å². The van der Waals surface area contributed by atoms with E-state index in [2.05, 4.69) is 30.3 Å². The first-order valence-electron chi connectivity index (χ1n) is 11.1. The summed E-state index contributed by atoms with van der Waals surface area (Å²) < 4.78 is 0. The maximum atomic E-state index is 13.4. The van der Waals surface area contributed by atoms with Crippen LogP contribution in [0.1, 0.15) is 23.6 Å². The third-order valence-electron chi connectivity index (χ3n) is 5.86. The van der Waals surface area contributed by atoms with Gasteiger partial charge in [-0.15, -0.1) is 0 Å². The molecular formula is C29H24ClN3O2. The Morgan fingerprint density at radius 2 is 1.69 bits per heavy atom. The third-order valence-corrected chi connectivity index (χ3v) is 6.09. The number of rotatable bonds is 3. The molecule has 6 heteroatoms. The number of amides is 1. The molecule has 1 aliphatic rings. The van der Waals surface area contributed by atoms with Gasteiger partial charge in [0.1, 0.15) is 11.8 Å². The molecule has 174 valence electrons. The number of halogens is 1. The SMILES string of the molecule is CC#N.CN1C(=O)C(Cc2ccc3ccccc3c2)N=C(c2ccc(O)cc2)c2cc(Cl)ccc21. The highest BCUT2D eigenvalue weighted by Gasteiger charge is 2.30. The molecule has 5 nitrogen and oxygen atoms in total. The number of fused-ring (bicyclic) bond motifs is 2. The van der Waals surface area contributed by atoms with Gasteiger partial charge >= 0.3 is 0 Å².